The van der Waals surface area contributed by atoms with Crippen LogP contribution in [0.5, 0.6) is 0 Å². The Morgan fingerprint density at radius 1 is 1.19 bits per heavy atom. The summed E-state index contributed by atoms with van der Waals surface area (Å²) in [5, 5.41) is 8.90. The van der Waals surface area contributed by atoms with Crippen molar-refractivity contribution in [3.05, 3.63) is 70.5 Å². The molecule has 1 unspecified atom stereocenters. The van der Waals surface area contributed by atoms with Gasteiger partial charge in [-0.25, -0.2) is 9.18 Å². The highest BCUT2D eigenvalue weighted by Gasteiger charge is 2.11. The Morgan fingerprint density at radius 3 is 2.62 bits per heavy atom. The molecule has 0 spiro atoms. The van der Waals surface area contributed by atoms with Crippen LogP contribution in [0.3, 0.4) is 0 Å². The van der Waals surface area contributed by atoms with Crippen molar-refractivity contribution in [3.63, 3.8) is 0 Å². The minimum Gasteiger partial charge on any atom is -0.478 e. The molecule has 1 atom stereocenters. The summed E-state index contributed by atoms with van der Waals surface area (Å²) in [6.07, 6.45) is 0. The number of hydrogen-bond acceptors (Lipinski definition) is 2. The van der Waals surface area contributed by atoms with E-state index in [9.17, 15) is 13.4 Å². The van der Waals surface area contributed by atoms with Crippen molar-refractivity contribution >= 4 is 16.8 Å². The average molecular weight is 306 g/mol. The Hall–Kier alpha value is -2.01. The van der Waals surface area contributed by atoms with E-state index in [0.29, 0.717) is 5.75 Å². The quantitative estimate of drug-likeness (QED) is 0.922. The van der Waals surface area contributed by atoms with E-state index in [1.807, 2.05) is 31.2 Å². The van der Waals surface area contributed by atoms with Crippen LogP contribution in [-0.4, -0.2) is 15.3 Å². The highest BCUT2D eigenvalue weighted by molar-refractivity contribution is 7.83. The Balaban J connectivity index is 2.12. The third-order valence-electron chi connectivity index (χ3n) is 3.02. The Morgan fingerprint density at radius 2 is 1.95 bits per heavy atom. The summed E-state index contributed by atoms with van der Waals surface area (Å²) in [6, 6.07) is 11.2. The summed E-state index contributed by atoms with van der Waals surface area (Å²) < 4.78 is 25.8. The average Bonchev–Trinajstić information content (AvgIpc) is 2.41. The highest BCUT2D eigenvalue weighted by atomic mass is 32.2. The fraction of sp³-hybridized carbons (Fsp3) is 0.188. The van der Waals surface area contributed by atoms with Crippen molar-refractivity contribution in [1.29, 1.82) is 0 Å². The first-order valence-electron chi connectivity index (χ1n) is 6.38. The van der Waals surface area contributed by atoms with Gasteiger partial charge in [0, 0.05) is 22.1 Å². The summed E-state index contributed by atoms with van der Waals surface area (Å²) in [4.78, 5) is 10.9. The van der Waals surface area contributed by atoms with Gasteiger partial charge >= 0.3 is 5.97 Å². The molecule has 0 saturated carbocycles. The number of hydrogen-bond donors (Lipinski definition) is 1. The van der Waals surface area contributed by atoms with Crippen LogP contribution < -0.4 is 0 Å². The lowest BCUT2D eigenvalue weighted by Crippen LogP contribution is -2.04. The molecule has 0 saturated heterocycles. The van der Waals surface area contributed by atoms with Crippen LogP contribution in [0.25, 0.3) is 0 Å². The molecule has 110 valence electrons. The van der Waals surface area contributed by atoms with Crippen molar-refractivity contribution in [2.45, 2.75) is 18.4 Å². The topological polar surface area (TPSA) is 54.4 Å². The molecular weight excluding hydrogens is 291 g/mol. The van der Waals surface area contributed by atoms with E-state index < -0.39 is 22.6 Å². The molecular formula is C16H15FO3S. The minimum absolute atomic E-state index is 0.000888. The second-order valence-corrected chi connectivity index (χ2v) is 6.29. The van der Waals surface area contributed by atoms with Gasteiger partial charge in [0.15, 0.2) is 0 Å². The van der Waals surface area contributed by atoms with Crippen molar-refractivity contribution in [1.82, 2.24) is 0 Å². The van der Waals surface area contributed by atoms with Crippen molar-refractivity contribution in [2.75, 3.05) is 0 Å². The standard InChI is InChI=1S/C16H15FO3S/c1-11-3-2-4-12(7-11)9-21(20)10-14-8-13(16(18)19)5-6-15(14)17/h2-8H,9-10H2,1H3,(H,18,19). The van der Waals surface area contributed by atoms with Crippen LogP contribution in [-0.2, 0) is 22.3 Å². The summed E-state index contributed by atoms with van der Waals surface area (Å²) in [5.41, 5.74) is 2.16. The van der Waals surface area contributed by atoms with Crippen LogP contribution in [0.1, 0.15) is 27.0 Å². The number of carbonyl (C=O) groups is 1. The maximum absolute atomic E-state index is 13.7. The largest absolute Gasteiger partial charge is 0.478 e. The first-order valence-corrected chi connectivity index (χ1v) is 7.87. The second kappa shape index (κ2) is 6.63. The van der Waals surface area contributed by atoms with E-state index in [2.05, 4.69) is 0 Å². The summed E-state index contributed by atoms with van der Waals surface area (Å²) >= 11 is 0. The zero-order valence-corrected chi connectivity index (χ0v) is 12.3. The molecule has 21 heavy (non-hydrogen) atoms. The number of carboxylic acids is 1. The first kappa shape index (κ1) is 15.4. The Kier molecular flexibility index (Phi) is 4.85. The van der Waals surface area contributed by atoms with Gasteiger partial charge in [-0.3, -0.25) is 4.21 Å². The molecule has 0 aliphatic heterocycles. The third kappa shape index (κ3) is 4.23. The van der Waals surface area contributed by atoms with Crippen LogP contribution >= 0.6 is 0 Å². The molecule has 0 aromatic heterocycles. The predicted molar refractivity (Wildman–Crippen MR) is 80.1 cm³/mol. The molecule has 1 N–H and O–H groups in total. The maximum atomic E-state index is 13.7. The summed E-state index contributed by atoms with van der Waals surface area (Å²) in [7, 11) is -1.29. The van der Waals surface area contributed by atoms with Crippen molar-refractivity contribution < 1.29 is 18.5 Å². The molecule has 0 radical (unpaired) electrons. The Bertz CT molecular complexity index is 698. The van der Waals surface area contributed by atoms with Gasteiger partial charge in [-0.1, -0.05) is 29.8 Å². The molecule has 3 nitrogen and oxygen atoms in total. The SMILES string of the molecule is Cc1cccc(CS(=O)Cc2cc(C(=O)O)ccc2F)c1. The minimum atomic E-state index is -1.29. The molecule has 2 aromatic carbocycles. The monoisotopic (exact) mass is 306 g/mol. The lowest BCUT2D eigenvalue weighted by atomic mass is 10.1. The molecule has 0 heterocycles. The fourth-order valence-corrected chi connectivity index (χ4v) is 3.25. The molecule has 0 aliphatic rings. The number of halogens is 1. The molecule has 0 fully saturated rings. The molecule has 0 aliphatic carbocycles. The smallest absolute Gasteiger partial charge is 0.335 e. The number of aryl methyl sites for hydroxylation is 1. The number of carboxylic acid groups (broad SMARTS) is 1. The molecule has 0 bridgehead atoms. The lowest BCUT2D eigenvalue weighted by molar-refractivity contribution is 0.0696. The zero-order valence-electron chi connectivity index (χ0n) is 11.5. The molecule has 2 rings (SSSR count). The van der Waals surface area contributed by atoms with Crippen LogP contribution in [0.2, 0.25) is 0 Å². The van der Waals surface area contributed by atoms with E-state index in [4.69, 9.17) is 5.11 Å². The second-order valence-electron chi connectivity index (χ2n) is 4.83. The maximum Gasteiger partial charge on any atom is 0.335 e. The van der Waals surface area contributed by atoms with Crippen LogP contribution in [0, 0.1) is 12.7 Å². The van der Waals surface area contributed by atoms with Gasteiger partial charge in [-0.15, -0.1) is 0 Å². The third-order valence-corrected chi connectivity index (χ3v) is 4.31. The predicted octanol–water partition coefficient (Wildman–Crippen LogP) is 3.28. The molecule has 0 amide bonds. The molecule has 5 heteroatoms. The Labute approximate surface area is 124 Å². The van der Waals surface area contributed by atoms with E-state index in [1.54, 1.807) is 0 Å². The van der Waals surface area contributed by atoms with Gasteiger partial charge in [0.05, 0.1) is 11.3 Å². The highest BCUT2D eigenvalue weighted by Crippen LogP contribution is 2.15. The summed E-state index contributed by atoms with van der Waals surface area (Å²) in [6.45, 7) is 1.95. The summed E-state index contributed by atoms with van der Waals surface area (Å²) in [5.74, 6) is -1.34. The fourth-order valence-electron chi connectivity index (χ4n) is 2.03. The number of aromatic carboxylic acids is 1. The van der Waals surface area contributed by atoms with Gasteiger partial charge in [0.2, 0.25) is 0 Å². The normalized spacial score (nSPS) is 12.1. The number of rotatable bonds is 5. The van der Waals surface area contributed by atoms with Gasteiger partial charge in [-0.05, 0) is 30.7 Å². The lowest BCUT2D eigenvalue weighted by Gasteiger charge is -2.06. The van der Waals surface area contributed by atoms with Crippen molar-refractivity contribution in [3.8, 4) is 0 Å². The van der Waals surface area contributed by atoms with Crippen molar-refractivity contribution in [2.24, 2.45) is 0 Å². The van der Waals surface area contributed by atoms with E-state index in [-0.39, 0.29) is 16.9 Å². The van der Waals surface area contributed by atoms with E-state index >= 15 is 0 Å². The van der Waals surface area contributed by atoms with Gasteiger partial charge in [0.25, 0.3) is 0 Å². The van der Waals surface area contributed by atoms with Crippen LogP contribution in [0.4, 0.5) is 4.39 Å². The van der Waals surface area contributed by atoms with E-state index in [1.165, 1.54) is 12.1 Å². The van der Waals surface area contributed by atoms with E-state index in [0.717, 1.165) is 17.2 Å². The number of benzene rings is 2. The first-order chi connectivity index (χ1) is 9.95. The molecule has 2 aromatic rings. The van der Waals surface area contributed by atoms with Crippen LogP contribution in [0.15, 0.2) is 42.5 Å². The van der Waals surface area contributed by atoms with Gasteiger partial charge in [0.1, 0.15) is 5.82 Å². The van der Waals surface area contributed by atoms with Gasteiger partial charge < -0.3 is 5.11 Å². The zero-order chi connectivity index (χ0) is 15.4. The van der Waals surface area contributed by atoms with Gasteiger partial charge in [-0.2, -0.15) is 0 Å².